The normalized spacial score (nSPS) is 35.9. The maximum Gasteiger partial charge on any atom is 0.214 e. The summed E-state index contributed by atoms with van der Waals surface area (Å²) in [5.74, 6) is 1.18. The molecule has 84 valence electrons. The first-order valence-electron chi connectivity index (χ1n) is 5.38. The molecule has 1 rings (SSSR count). The zero-order valence-corrected chi connectivity index (χ0v) is 10.3. The maximum atomic E-state index is 11.8. The van der Waals surface area contributed by atoms with Crippen LogP contribution in [-0.2, 0) is 10.0 Å². The molecule has 14 heavy (non-hydrogen) atoms. The highest BCUT2D eigenvalue weighted by atomic mass is 32.2. The summed E-state index contributed by atoms with van der Waals surface area (Å²) in [5, 5.41) is 0. The number of hydrogen-bond acceptors (Lipinski definition) is 2. The molecule has 0 saturated carbocycles. The minimum Gasteiger partial charge on any atom is -0.212 e. The minimum atomic E-state index is -3.00. The van der Waals surface area contributed by atoms with Gasteiger partial charge in [-0.3, -0.25) is 0 Å². The Morgan fingerprint density at radius 2 is 1.86 bits per heavy atom. The predicted octanol–water partition coefficient (Wildman–Crippen LogP) is 1.70. The topological polar surface area (TPSA) is 37.4 Å². The van der Waals surface area contributed by atoms with Gasteiger partial charge in [0.15, 0.2) is 0 Å². The van der Waals surface area contributed by atoms with Gasteiger partial charge in [-0.15, -0.1) is 0 Å². The lowest BCUT2D eigenvalue weighted by molar-refractivity contribution is 0.157. The Balaban J connectivity index is 2.87. The molecular formula is C10H21NO2S. The van der Waals surface area contributed by atoms with Crippen LogP contribution in [0.2, 0.25) is 0 Å². The zero-order valence-electron chi connectivity index (χ0n) is 9.53. The third-order valence-corrected chi connectivity index (χ3v) is 5.19. The first-order chi connectivity index (χ1) is 6.38. The molecule has 1 heterocycles. The largest absolute Gasteiger partial charge is 0.214 e. The monoisotopic (exact) mass is 219 g/mol. The fourth-order valence-electron chi connectivity index (χ4n) is 2.20. The summed E-state index contributed by atoms with van der Waals surface area (Å²) in [6.07, 6.45) is 1.14. The Hall–Kier alpha value is -0.0900. The van der Waals surface area contributed by atoms with E-state index in [9.17, 15) is 8.42 Å². The third-order valence-electron chi connectivity index (χ3n) is 3.27. The molecule has 0 N–H and O–H groups in total. The highest BCUT2D eigenvalue weighted by Crippen LogP contribution is 2.28. The van der Waals surface area contributed by atoms with E-state index in [0.29, 0.717) is 18.4 Å². The van der Waals surface area contributed by atoms with Gasteiger partial charge in [-0.25, -0.2) is 8.42 Å². The van der Waals surface area contributed by atoms with Crippen LogP contribution in [0.5, 0.6) is 0 Å². The summed E-state index contributed by atoms with van der Waals surface area (Å²) in [6.45, 7) is 8.69. The molecule has 1 aliphatic rings. The lowest BCUT2D eigenvalue weighted by atomic mass is 9.88. The SMILES string of the molecule is CCS(=O)(=O)N1CC(C)CC(C)C1C. The lowest BCUT2D eigenvalue weighted by Gasteiger charge is -2.39. The maximum absolute atomic E-state index is 11.8. The van der Waals surface area contributed by atoms with Gasteiger partial charge >= 0.3 is 0 Å². The van der Waals surface area contributed by atoms with E-state index in [1.54, 1.807) is 11.2 Å². The molecule has 1 aliphatic heterocycles. The fourth-order valence-corrected chi connectivity index (χ4v) is 3.72. The standard InChI is InChI=1S/C10H21NO2S/c1-5-14(12,13)11-7-8(2)6-9(3)10(11)4/h8-10H,5-7H2,1-4H3. The van der Waals surface area contributed by atoms with Crippen LogP contribution in [0.3, 0.4) is 0 Å². The van der Waals surface area contributed by atoms with E-state index in [1.165, 1.54) is 0 Å². The Morgan fingerprint density at radius 3 is 2.36 bits per heavy atom. The molecule has 0 aromatic heterocycles. The quantitative estimate of drug-likeness (QED) is 0.709. The van der Waals surface area contributed by atoms with Crippen LogP contribution in [0.25, 0.3) is 0 Å². The molecule has 0 spiro atoms. The molecule has 0 aliphatic carbocycles. The fraction of sp³-hybridized carbons (Fsp3) is 1.00. The van der Waals surface area contributed by atoms with Gasteiger partial charge in [-0.2, -0.15) is 4.31 Å². The Bertz CT molecular complexity index is 286. The molecule has 3 unspecified atom stereocenters. The summed E-state index contributed by atoms with van der Waals surface area (Å²) in [5.41, 5.74) is 0. The molecule has 3 nitrogen and oxygen atoms in total. The predicted molar refractivity (Wildman–Crippen MR) is 58.6 cm³/mol. The Morgan fingerprint density at radius 1 is 1.29 bits per heavy atom. The summed E-state index contributed by atoms with van der Waals surface area (Å²) in [6, 6.07) is 0.163. The van der Waals surface area contributed by atoms with Crippen molar-refractivity contribution < 1.29 is 8.42 Å². The number of rotatable bonds is 2. The van der Waals surface area contributed by atoms with Gasteiger partial charge < -0.3 is 0 Å². The van der Waals surface area contributed by atoms with Crippen molar-refractivity contribution in [3.8, 4) is 0 Å². The summed E-state index contributed by atoms with van der Waals surface area (Å²) < 4.78 is 25.2. The van der Waals surface area contributed by atoms with Crippen LogP contribution < -0.4 is 0 Å². The van der Waals surface area contributed by atoms with Crippen LogP contribution in [0.4, 0.5) is 0 Å². The van der Waals surface area contributed by atoms with E-state index in [-0.39, 0.29) is 11.8 Å². The Labute approximate surface area is 87.5 Å². The van der Waals surface area contributed by atoms with Crippen LogP contribution in [0.15, 0.2) is 0 Å². The van der Waals surface area contributed by atoms with Crippen molar-refractivity contribution in [2.45, 2.75) is 40.2 Å². The van der Waals surface area contributed by atoms with Crippen molar-refractivity contribution in [2.75, 3.05) is 12.3 Å². The van der Waals surface area contributed by atoms with E-state index >= 15 is 0 Å². The molecule has 1 saturated heterocycles. The van der Waals surface area contributed by atoms with Gasteiger partial charge in [0.1, 0.15) is 0 Å². The summed E-state index contributed by atoms with van der Waals surface area (Å²) in [7, 11) is -3.00. The van der Waals surface area contributed by atoms with Gasteiger partial charge in [0, 0.05) is 12.6 Å². The smallest absolute Gasteiger partial charge is 0.212 e. The third kappa shape index (κ3) is 2.28. The van der Waals surface area contributed by atoms with Crippen molar-refractivity contribution in [3.05, 3.63) is 0 Å². The van der Waals surface area contributed by atoms with Gasteiger partial charge in [0.2, 0.25) is 10.0 Å². The number of sulfonamides is 1. The molecular weight excluding hydrogens is 198 g/mol. The number of nitrogens with zero attached hydrogens (tertiary/aromatic N) is 1. The molecule has 3 atom stereocenters. The molecule has 1 fully saturated rings. The number of piperidine rings is 1. The minimum absolute atomic E-state index is 0.163. The van der Waals surface area contributed by atoms with Crippen LogP contribution in [0, 0.1) is 11.8 Å². The summed E-state index contributed by atoms with van der Waals surface area (Å²) >= 11 is 0. The first kappa shape index (κ1) is 12.0. The lowest BCUT2D eigenvalue weighted by Crippen LogP contribution is -2.49. The first-order valence-corrected chi connectivity index (χ1v) is 6.99. The van der Waals surface area contributed by atoms with Gasteiger partial charge in [0.25, 0.3) is 0 Å². The molecule has 0 radical (unpaired) electrons. The van der Waals surface area contributed by atoms with Gasteiger partial charge in [-0.05, 0) is 32.1 Å². The highest BCUT2D eigenvalue weighted by Gasteiger charge is 2.35. The molecule has 0 amide bonds. The molecule has 0 aromatic carbocycles. The number of hydrogen-bond donors (Lipinski definition) is 0. The average Bonchev–Trinajstić information content (AvgIpc) is 2.11. The second-order valence-corrected chi connectivity index (χ2v) is 6.74. The van der Waals surface area contributed by atoms with E-state index in [1.807, 2.05) is 6.92 Å². The van der Waals surface area contributed by atoms with Crippen molar-refractivity contribution >= 4 is 10.0 Å². The van der Waals surface area contributed by atoms with E-state index < -0.39 is 10.0 Å². The molecule has 0 bridgehead atoms. The second kappa shape index (κ2) is 4.19. The van der Waals surface area contributed by atoms with Crippen molar-refractivity contribution in [1.29, 1.82) is 0 Å². The van der Waals surface area contributed by atoms with Crippen LogP contribution in [-0.4, -0.2) is 31.1 Å². The van der Waals surface area contributed by atoms with Crippen molar-refractivity contribution in [3.63, 3.8) is 0 Å². The van der Waals surface area contributed by atoms with Crippen LogP contribution in [0.1, 0.15) is 34.1 Å². The van der Waals surface area contributed by atoms with Crippen molar-refractivity contribution in [2.24, 2.45) is 11.8 Å². The van der Waals surface area contributed by atoms with Gasteiger partial charge in [-0.1, -0.05) is 13.8 Å². The van der Waals surface area contributed by atoms with E-state index in [0.717, 1.165) is 6.42 Å². The highest BCUT2D eigenvalue weighted by molar-refractivity contribution is 7.89. The van der Waals surface area contributed by atoms with Crippen LogP contribution >= 0.6 is 0 Å². The van der Waals surface area contributed by atoms with Gasteiger partial charge in [0.05, 0.1) is 5.75 Å². The second-order valence-electron chi connectivity index (χ2n) is 4.53. The molecule has 0 aromatic rings. The Kier molecular flexibility index (Phi) is 3.58. The zero-order chi connectivity index (χ0) is 10.9. The van der Waals surface area contributed by atoms with E-state index in [2.05, 4.69) is 13.8 Å². The van der Waals surface area contributed by atoms with Crippen molar-refractivity contribution in [1.82, 2.24) is 4.31 Å². The molecule has 4 heteroatoms. The summed E-state index contributed by atoms with van der Waals surface area (Å²) in [4.78, 5) is 0. The van der Waals surface area contributed by atoms with E-state index in [4.69, 9.17) is 0 Å². The average molecular weight is 219 g/mol.